The van der Waals surface area contributed by atoms with Crippen molar-refractivity contribution in [2.45, 2.75) is 0 Å². The second kappa shape index (κ2) is 13.9. The monoisotopic (exact) mass is 762 g/mol. The molecule has 0 radical (unpaired) electrons. The molecular formula is C58H38N2. The van der Waals surface area contributed by atoms with Gasteiger partial charge in [-0.3, -0.25) is 0 Å². The van der Waals surface area contributed by atoms with E-state index in [2.05, 4.69) is 240 Å². The van der Waals surface area contributed by atoms with Crippen molar-refractivity contribution in [2.75, 3.05) is 0 Å². The highest BCUT2D eigenvalue weighted by atomic mass is 15.0. The minimum atomic E-state index is 1.13. The first-order valence-corrected chi connectivity index (χ1v) is 20.7. The largest absolute Gasteiger partial charge is 0.309 e. The number of rotatable bonds is 6. The van der Waals surface area contributed by atoms with E-state index in [1.165, 1.54) is 98.9 Å². The van der Waals surface area contributed by atoms with E-state index in [4.69, 9.17) is 0 Å². The summed E-state index contributed by atoms with van der Waals surface area (Å²) in [6, 6.07) is 84.2. The molecule has 12 rings (SSSR count). The maximum absolute atomic E-state index is 2.45. The van der Waals surface area contributed by atoms with Crippen molar-refractivity contribution in [2.24, 2.45) is 0 Å². The molecule has 60 heavy (non-hydrogen) atoms. The van der Waals surface area contributed by atoms with Crippen LogP contribution in [0.15, 0.2) is 231 Å². The molecule has 2 heteroatoms. The summed E-state index contributed by atoms with van der Waals surface area (Å²) < 4.78 is 4.89. The molecule has 0 fully saturated rings. The highest BCUT2D eigenvalue weighted by Crippen LogP contribution is 2.41. The van der Waals surface area contributed by atoms with Gasteiger partial charge in [0.05, 0.1) is 27.8 Å². The van der Waals surface area contributed by atoms with Gasteiger partial charge >= 0.3 is 0 Å². The molecule has 0 N–H and O–H groups in total. The summed E-state index contributed by atoms with van der Waals surface area (Å²) >= 11 is 0. The molecule has 2 nitrogen and oxygen atoms in total. The Bertz CT molecular complexity index is 3490. The third-order valence-electron chi connectivity index (χ3n) is 12.3. The van der Waals surface area contributed by atoms with Crippen LogP contribution in [0.4, 0.5) is 0 Å². The first-order chi connectivity index (χ1) is 29.8. The second-order valence-electron chi connectivity index (χ2n) is 15.7. The normalized spacial score (nSPS) is 11.7. The Morgan fingerprint density at radius 2 is 0.700 bits per heavy atom. The van der Waals surface area contributed by atoms with Crippen LogP contribution in [0.25, 0.3) is 110 Å². The summed E-state index contributed by atoms with van der Waals surface area (Å²) in [5, 5.41) is 7.49. The first kappa shape index (κ1) is 34.1. The molecule has 0 saturated heterocycles. The molecule has 0 unspecified atom stereocenters. The van der Waals surface area contributed by atoms with Gasteiger partial charge in [-0.15, -0.1) is 0 Å². The zero-order chi connectivity index (χ0) is 39.6. The van der Waals surface area contributed by atoms with Crippen LogP contribution in [0.5, 0.6) is 0 Å². The lowest BCUT2D eigenvalue weighted by atomic mass is 9.97. The van der Waals surface area contributed by atoms with Crippen molar-refractivity contribution in [3.63, 3.8) is 0 Å². The standard InChI is InChI=1S/C58H38N2/c1-3-15-39(16-4-1)42-29-32-56-52(36-42)53-37-43(40-17-5-2-6-18-40)30-33-57(53)59(56)46-22-13-21-44(35-46)49-24-9-11-27-54(49)60-55-28-12-10-25-50(55)51-38-45(31-34-58(51)60)48-26-14-20-41-19-7-8-23-47(41)48/h1-38H. The van der Waals surface area contributed by atoms with Crippen molar-refractivity contribution in [3.8, 4) is 55.9 Å². The molecule has 0 saturated carbocycles. The maximum Gasteiger partial charge on any atom is 0.0541 e. The zero-order valence-electron chi connectivity index (χ0n) is 32.8. The van der Waals surface area contributed by atoms with Crippen LogP contribution in [0.1, 0.15) is 0 Å². The summed E-state index contributed by atoms with van der Waals surface area (Å²) in [6.45, 7) is 0. The van der Waals surface area contributed by atoms with Gasteiger partial charge in [-0.1, -0.05) is 170 Å². The van der Waals surface area contributed by atoms with E-state index in [9.17, 15) is 0 Å². The predicted octanol–water partition coefficient (Wildman–Crippen LogP) is 15.7. The van der Waals surface area contributed by atoms with Crippen molar-refractivity contribution >= 4 is 54.4 Å². The third kappa shape index (κ3) is 5.50. The quantitative estimate of drug-likeness (QED) is 0.160. The van der Waals surface area contributed by atoms with E-state index < -0.39 is 0 Å². The molecule has 10 aromatic carbocycles. The highest BCUT2D eigenvalue weighted by Gasteiger charge is 2.19. The molecule has 0 amide bonds. The minimum Gasteiger partial charge on any atom is -0.309 e. The Hall–Kier alpha value is -7.94. The topological polar surface area (TPSA) is 9.86 Å². The van der Waals surface area contributed by atoms with Gasteiger partial charge in [0, 0.05) is 32.8 Å². The summed E-state index contributed by atoms with van der Waals surface area (Å²) in [4.78, 5) is 0. The Kier molecular flexibility index (Phi) is 7.89. The van der Waals surface area contributed by atoms with Gasteiger partial charge in [0.1, 0.15) is 0 Å². The van der Waals surface area contributed by atoms with Crippen molar-refractivity contribution < 1.29 is 0 Å². The van der Waals surface area contributed by atoms with Crippen LogP contribution in [0, 0.1) is 0 Å². The predicted molar refractivity (Wildman–Crippen MR) is 254 cm³/mol. The molecule has 0 spiro atoms. The third-order valence-corrected chi connectivity index (χ3v) is 12.3. The van der Waals surface area contributed by atoms with E-state index in [1.54, 1.807) is 0 Å². The Morgan fingerprint density at radius 3 is 1.43 bits per heavy atom. The average molecular weight is 763 g/mol. The van der Waals surface area contributed by atoms with Gasteiger partial charge < -0.3 is 9.13 Å². The van der Waals surface area contributed by atoms with Crippen molar-refractivity contribution in [1.29, 1.82) is 0 Å². The lowest BCUT2D eigenvalue weighted by Crippen LogP contribution is -1.98. The van der Waals surface area contributed by atoms with E-state index >= 15 is 0 Å². The van der Waals surface area contributed by atoms with Crippen LogP contribution in [-0.2, 0) is 0 Å². The smallest absolute Gasteiger partial charge is 0.0541 e. The summed E-state index contributed by atoms with van der Waals surface area (Å²) in [5.41, 5.74) is 16.7. The maximum atomic E-state index is 2.45. The van der Waals surface area contributed by atoms with E-state index in [-0.39, 0.29) is 0 Å². The van der Waals surface area contributed by atoms with E-state index in [0.29, 0.717) is 0 Å². The van der Waals surface area contributed by atoms with E-state index in [0.717, 1.165) is 11.4 Å². The fourth-order valence-electron chi connectivity index (χ4n) is 9.52. The van der Waals surface area contributed by atoms with Crippen LogP contribution < -0.4 is 0 Å². The average Bonchev–Trinajstić information content (AvgIpc) is 3.83. The van der Waals surface area contributed by atoms with Gasteiger partial charge in [-0.2, -0.15) is 0 Å². The fraction of sp³-hybridized carbons (Fsp3) is 0. The van der Waals surface area contributed by atoms with Gasteiger partial charge in [0.25, 0.3) is 0 Å². The van der Waals surface area contributed by atoms with E-state index in [1.807, 2.05) is 0 Å². The molecule has 0 aliphatic carbocycles. The van der Waals surface area contributed by atoms with Crippen LogP contribution in [0.2, 0.25) is 0 Å². The summed E-state index contributed by atoms with van der Waals surface area (Å²) in [7, 11) is 0. The van der Waals surface area contributed by atoms with Crippen LogP contribution >= 0.6 is 0 Å². The van der Waals surface area contributed by atoms with Crippen LogP contribution in [-0.4, -0.2) is 9.13 Å². The molecule has 0 aliphatic heterocycles. The van der Waals surface area contributed by atoms with Gasteiger partial charge in [0.15, 0.2) is 0 Å². The number of aromatic nitrogens is 2. The molecule has 0 atom stereocenters. The number of hydrogen-bond acceptors (Lipinski definition) is 0. The van der Waals surface area contributed by atoms with Crippen molar-refractivity contribution in [3.05, 3.63) is 231 Å². The Labute approximate surface area is 348 Å². The van der Waals surface area contributed by atoms with Crippen molar-refractivity contribution in [1.82, 2.24) is 9.13 Å². The number of hydrogen-bond donors (Lipinski definition) is 0. The molecule has 280 valence electrons. The highest BCUT2D eigenvalue weighted by molar-refractivity contribution is 6.13. The molecule has 2 aromatic heterocycles. The van der Waals surface area contributed by atoms with Crippen LogP contribution in [0.3, 0.4) is 0 Å². The zero-order valence-corrected chi connectivity index (χ0v) is 32.8. The SMILES string of the molecule is c1ccc(-c2ccc3c(c2)c2cc(-c4ccccc4)ccc2n3-c2cccc(-c3ccccc3-n3c4ccccc4c4cc(-c5cccc6ccccc56)ccc43)c2)cc1. The molecule has 0 aliphatic rings. The number of nitrogens with zero attached hydrogens (tertiary/aromatic N) is 2. The van der Waals surface area contributed by atoms with Gasteiger partial charge in [0.2, 0.25) is 0 Å². The number of benzene rings is 10. The molecule has 0 bridgehead atoms. The molecule has 12 aromatic rings. The number of fused-ring (bicyclic) bond motifs is 7. The summed E-state index contributed by atoms with van der Waals surface area (Å²) in [5.74, 6) is 0. The number of para-hydroxylation sites is 2. The van der Waals surface area contributed by atoms with Gasteiger partial charge in [-0.25, -0.2) is 0 Å². The molecular weight excluding hydrogens is 725 g/mol. The fourth-order valence-corrected chi connectivity index (χ4v) is 9.52. The minimum absolute atomic E-state index is 1.13. The Balaban J connectivity index is 1.03. The summed E-state index contributed by atoms with van der Waals surface area (Å²) in [6.07, 6.45) is 0. The first-order valence-electron chi connectivity index (χ1n) is 20.7. The van der Waals surface area contributed by atoms with Gasteiger partial charge in [-0.05, 0) is 110 Å². The Morgan fingerprint density at radius 1 is 0.233 bits per heavy atom. The lowest BCUT2D eigenvalue weighted by molar-refractivity contribution is 1.17. The lowest BCUT2D eigenvalue weighted by Gasteiger charge is -2.16. The molecule has 2 heterocycles. The second-order valence-corrected chi connectivity index (χ2v) is 15.7.